The molecule has 2 rings (SSSR count). The molecule has 1 heterocycles. The van der Waals surface area contributed by atoms with Crippen LogP contribution in [0.25, 0.3) is 6.08 Å². The highest BCUT2D eigenvalue weighted by atomic mass is 32.2. The molecule has 1 atom stereocenters. The van der Waals surface area contributed by atoms with Gasteiger partial charge in [0.25, 0.3) is 0 Å². The third-order valence-electron chi connectivity index (χ3n) is 2.44. The largest absolute Gasteiger partial charge is 0.472 e. The molecule has 1 aromatic rings. The van der Waals surface area contributed by atoms with Crippen molar-refractivity contribution in [2.45, 2.75) is 12.7 Å². The van der Waals surface area contributed by atoms with Crippen molar-refractivity contribution in [3.63, 3.8) is 0 Å². The van der Waals surface area contributed by atoms with Crippen LogP contribution in [0.15, 0.2) is 30.8 Å². The molecular weight excluding hydrogens is 252 g/mol. The van der Waals surface area contributed by atoms with Crippen molar-refractivity contribution in [1.29, 1.82) is 0 Å². The van der Waals surface area contributed by atoms with E-state index in [-0.39, 0.29) is 6.10 Å². The lowest BCUT2D eigenvalue weighted by molar-refractivity contribution is 0.0526. The maximum absolute atomic E-state index is 5.60. The maximum Gasteiger partial charge on any atom is 0.220 e. The molecule has 0 amide bonds. The zero-order valence-electron chi connectivity index (χ0n) is 9.43. The van der Waals surface area contributed by atoms with Crippen LogP contribution in [0.5, 0.6) is 0 Å². The van der Waals surface area contributed by atoms with E-state index in [1.54, 1.807) is 11.8 Å². The minimum atomic E-state index is 0.111. The summed E-state index contributed by atoms with van der Waals surface area (Å²) in [7, 11) is 0. The second kappa shape index (κ2) is 6.19. The summed E-state index contributed by atoms with van der Waals surface area (Å²) in [6, 6.07) is 8.16. The summed E-state index contributed by atoms with van der Waals surface area (Å²) in [6.07, 6.45) is 1.94. The van der Waals surface area contributed by atoms with Gasteiger partial charge < -0.3 is 9.47 Å². The van der Waals surface area contributed by atoms with E-state index in [0.717, 1.165) is 16.9 Å². The van der Waals surface area contributed by atoms with Crippen LogP contribution in [0.2, 0.25) is 0 Å². The second-order valence-electron chi connectivity index (χ2n) is 3.76. The van der Waals surface area contributed by atoms with E-state index in [4.69, 9.17) is 21.7 Å². The second-order valence-corrected chi connectivity index (χ2v) is 5.38. The first-order valence-electron chi connectivity index (χ1n) is 5.40. The summed E-state index contributed by atoms with van der Waals surface area (Å²) in [5, 5.41) is 0. The summed E-state index contributed by atoms with van der Waals surface area (Å²) >= 11 is 6.52. The fraction of sp³-hybridized carbons (Fsp3) is 0.308. The summed E-state index contributed by atoms with van der Waals surface area (Å²) < 4.78 is 11.6. The molecule has 1 fully saturated rings. The van der Waals surface area contributed by atoms with Gasteiger partial charge in [0.2, 0.25) is 4.38 Å². The van der Waals surface area contributed by atoms with Gasteiger partial charge in [-0.2, -0.15) is 0 Å². The van der Waals surface area contributed by atoms with Gasteiger partial charge in [0.05, 0.1) is 13.2 Å². The van der Waals surface area contributed by atoms with Crippen molar-refractivity contribution in [2.24, 2.45) is 0 Å². The lowest BCUT2D eigenvalue weighted by Gasteiger charge is -2.09. The molecule has 0 bridgehead atoms. The van der Waals surface area contributed by atoms with Crippen molar-refractivity contribution >= 4 is 34.4 Å². The lowest BCUT2D eigenvalue weighted by Crippen LogP contribution is -2.17. The Hall–Kier alpha value is -0.840. The first-order chi connectivity index (χ1) is 8.28. The Bertz CT molecular complexity index is 400. The van der Waals surface area contributed by atoms with E-state index < -0.39 is 0 Å². The van der Waals surface area contributed by atoms with E-state index >= 15 is 0 Å². The molecule has 90 valence electrons. The fourth-order valence-corrected chi connectivity index (χ4v) is 2.54. The Morgan fingerprint density at radius 1 is 1.47 bits per heavy atom. The van der Waals surface area contributed by atoms with Crippen LogP contribution in [0.3, 0.4) is 0 Å². The van der Waals surface area contributed by atoms with Gasteiger partial charge in [0, 0.05) is 5.75 Å². The Morgan fingerprint density at radius 2 is 2.24 bits per heavy atom. The molecule has 1 aliphatic rings. The number of benzene rings is 1. The Labute approximate surface area is 111 Å². The molecule has 1 aliphatic heterocycles. The van der Waals surface area contributed by atoms with Crippen LogP contribution in [0.1, 0.15) is 11.1 Å². The van der Waals surface area contributed by atoms with Crippen LogP contribution in [0, 0.1) is 0 Å². The molecule has 0 spiro atoms. The molecular formula is C13H14O2S2. The minimum absolute atomic E-state index is 0.111. The maximum atomic E-state index is 5.60. The highest BCUT2D eigenvalue weighted by Crippen LogP contribution is 2.20. The summed E-state index contributed by atoms with van der Waals surface area (Å²) in [6.45, 7) is 4.92. The number of ether oxygens (including phenoxy) is 2. The van der Waals surface area contributed by atoms with Crippen LogP contribution < -0.4 is 0 Å². The minimum Gasteiger partial charge on any atom is -0.472 e. The van der Waals surface area contributed by atoms with Crippen molar-refractivity contribution < 1.29 is 9.47 Å². The number of thioether (sulfide) groups is 1. The monoisotopic (exact) mass is 266 g/mol. The van der Waals surface area contributed by atoms with Gasteiger partial charge in [-0.15, -0.1) is 0 Å². The highest BCUT2D eigenvalue weighted by molar-refractivity contribution is 8.22. The third kappa shape index (κ3) is 3.84. The average Bonchev–Trinajstić information content (AvgIpc) is 2.76. The number of rotatable bonds is 5. The van der Waals surface area contributed by atoms with Crippen LogP contribution in [-0.2, 0) is 16.1 Å². The van der Waals surface area contributed by atoms with Gasteiger partial charge in [-0.3, -0.25) is 0 Å². The molecule has 1 unspecified atom stereocenters. The van der Waals surface area contributed by atoms with Gasteiger partial charge in [0.1, 0.15) is 6.10 Å². The van der Waals surface area contributed by atoms with E-state index in [1.807, 2.05) is 30.3 Å². The number of hydrogen-bond acceptors (Lipinski definition) is 4. The molecule has 1 aromatic carbocycles. The van der Waals surface area contributed by atoms with Crippen molar-refractivity contribution in [1.82, 2.24) is 0 Å². The molecule has 0 radical (unpaired) electrons. The van der Waals surface area contributed by atoms with Gasteiger partial charge in [-0.05, 0) is 23.3 Å². The Kier molecular flexibility index (Phi) is 4.59. The zero-order valence-corrected chi connectivity index (χ0v) is 11.1. The molecule has 2 nitrogen and oxygen atoms in total. The van der Waals surface area contributed by atoms with Crippen LogP contribution in [-0.4, -0.2) is 22.8 Å². The molecule has 0 N–H and O–H groups in total. The van der Waals surface area contributed by atoms with Crippen LogP contribution in [0.4, 0.5) is 0 Å². The topological polar surface area (TPSA) is 18.5 Å². The Morgan fingerprint density at radius 3 is 2.82 bits per heavy atom. The molecule has 4 heteroatoms. The normalized spacial score (nSPS) is 19.1. The summed E-state index contributed by atoms with van der Waals surface area (Å²) in [5.41, 5.74) is 2.28. The van der Waals surface area contributed by atoms with Crippen molar-refractivity contribution in [3.8, 4) is 0 Å². The van der Waals surface area contributed by atoms with Gasteiger partial charge in [-0.25, -0.2) is 0 Å². The standard InChI is InChI=1S/C13H14O2S2/c1-2-10-3-5-11(6-4-10)7-14-8-12-9-17-13(16)15-12/h2-6,12H,1,7-9H2. The molecule has 0 aliphatic carbocycles. The quantitative estimate of drug-likeness (QED) is 0.761. The van der Waals surface area contributed by atoms with Crippen molar-refractivity contribution in [3.05, 3.63) is 42.0 Å². The van der Waals surface area contributed by atoms with E-state index in [0.29, 0.717) is 17.6 Å². The summed E-state index contributed by atoms with van der Waals surface area (Å²) in [5.74, 6) is 0.897. The van der Waals surface area contributed by atoms with E-state index in [1.165, 1.54) is 0 Å². The predicted molar refractivity (Wildman–Crippen MR) is 76.1 cm³/mol. The predicted octanol–water partition coefficient (Wildman–Crippen LogP) is 3.26. The average molecular weight is 266 g/mol. The summed E-state index contributed by atoms with van der Waals surface area (Å²) in [4.78, 5) is 0. The first kappa shape index (κ1) is 12.6. The molecule has 0 aromatic heterocycles. The van der Waals surface area contributed by atoms with Crippen molar-refractivity contribution in [2.75, 3.05) is 12.4 Å². The third-order valence-corrected chi connectivity index (χ3v) is 3.76. The smallest absolute Gasteiger partial charge is 0.220 e. The highest BCUT2D eigenvalue weighted by Gasteiger charge is 2.21. The van der Waals surface area contributed by atoms with E-state index in [2.05, 4.69) is 6.58 Å². The SMILES string of the molecule is C=Cc1ccc(COCC2CSC(=S)O2)cc1. The Balaban J connectivity index is 1.74. The van der Waals surface area contributed by atoms with Gasteiger partial charge >= 0.3 is 0 Å². The molecule has 1 saturated heterocycles. The molecule has 0 saturated carbocycles. The van der Waals surface area contributed by atoms with Gasteiger partial charge in [0.15, 0.2) is 0 Å². The number of thiocarbonyl (C=S) groups is 1. The number of hydrogen-bond donors (Lipinski definition) is 0. The zero-order chi connectivity index (χ0) is 12.1. The lowest BCUT2D eigenvalue weighted by atomic mass is 10.1. The van der Waals surface area contributed by atoms with Gasteiger partial charge in [-0.1, -0.05) is 48.7 Å². The molecule has 17 heavy (non-hydrogen) atoms. The first-order valence-corrected chi connectivity index (χ1v) is 6.80. The fourth-order valence-electron chi connectivity index (χ4n) is 1.51. The van der Waals surface area contributed by atoms with Crippen LogP contribution >= 0.6 is 24.0 Å². The van der Waals surface area contributed by atoms with E-state index in [9.17, 15) is 0 Å².